The molecule has 94 valence electrons. The van der Waals surface area contributed by atoms with E-state index in [4.69, 9.17) is 26.0 Å². The van der Waals surface area contributed by atoms with Gasteiger partial charge < -0.3 is 14.4 Å². The largest absolute Gasteiger partial charge is 0.496 e. The number of nitrogens with zero attached hydrogens (tertiary/aromatic N) is 1. The first-order valence-corrected chi connectivity index (χ1v) is 5.49. The zero-order chi connectivity index (χ0) is 13.1. The van der Waals surface area contributed by atoms with Gasteiger partial charge in [-0.2, -0.15) is 0 Å². The summed E-state index contributed by atoms with van der Waals surface area (Å²) in [6, 6.07) is 6.63. The van der Waals surface area contributed by atoms with Gasteiger partial charge in [-0.3, -0.25) is 4.79 Å². The van der Waals surface area contributed by atoms with Crippen LogP contribution < -0.4 is 4.74 Å². The van der Waals surface area contributed by atoms with Crippen LogP contribution >= 0.6 is 11.6 Å². The van der Waals surface area contributed by atoms with Gasteiger partial charge in [-0.15, -0.1) is 0 Å². The van der Waals surface area contributed by atoms with Gasteiger partial charge in [0.1, 0.15) is 5.75 Å². The summed E-state index contributed by atoms with van der Waals surface area (Å²) < 4.78 is 10.3. The Morgan fingerprint density at radius 2 is 2.28 bits per heavy atom. The van der Waals surface area contributed by atoms with Crippen LogP contribution in [0.3, 0.4) is 0 Å². The summed E-state index contributed by atoms with van der Waals surface area (Å²) in [7, 11) is 1.53. The molecule has 0 amide bonds. The van der Waals surface area contributed by atoms with E-state index >= 15 is 0 Å². The maximum absolute atomic E-state index is 10.6. The van der Waals surface area contributed by atoms with Crippen LogP contribution in [0.5, 0.6) is 5.75 Å². The average Bonchev–Trinajstić information content (AvgIpc) is 2.76. The van der Waals surface area contributed by atoms with Crippen LogP contribution in [0.1, 0.15) is 5.69 Å². The van der Waals surface area contributed by atoms with Gasteiger partial charge in [0.15, 0.2) is 5.76 Å². The number of carboxylic acids is 1. The lowest BCUT2D eigenvalue weighted by Crippen LogP contribution is -1.99. The Balaban J connectivity index is 2.38. The molecule has 0 fully saturated rings. The van der Waals surface area contributed by atoms with Crippen molar-refractivity contribution in [1.29, 1.82) is 0 Å². The number of ether oxygens (including phenoxy) is 1. The second-order valence-corrected chi connectivity index (χ2v) is 4.03. The number of hydrogen-bond donors (Lipinski definition) is 1. The van der Waals surface area contributed by atoms with E-state index in [0.29, 0.717) is 27.8 Å². The molecule has 1 aromatic carbocycles. The van der Waals surface area contributed by atoms with Crippen molar-refractivity contribution in [3.63, 3.8) is 0 Å². The Kier molecular flexibility index (Phi) is 3.53. The van der Waals surface area contributed by atoms with Crippen LogP contribution in [0, 0.1) is 0 Å². The van der Waals surface area contributed by atoms with Crippen molar-refractivity contribution in [2.24, 2.45) is 0 Å². The Bertz CT molecular complexity index is 579. The lowest BCUT2D eigenvalue weighted by Gasteiger charge is -2.05. The number of methoxy groups -OCH3 is 1. The highest BCUT2D eigenvalue weighted by Crippen LogP contribution is 2.32. The minimum Gasteiger partial charge on any atom is -0.496 e. The second kappa shape index (κ2) is 5.10. The maximum atomic E-state index is 10.6. The van der Waals surface area contributed by atoms with Crippen molar-refractivity contribution in [1.82, 2.24) is 5.16 Å². The monoisotopic (exact) mass is 267 g/mol. The number of carbonyl (C=O) groups is 1. The molecule has 0 radical (unpaired) electrons. The standard InChI is InChI=1S/C12H10ClNO4/c1-17-10-3-2-7(13)4-9(10)11-5-8(14-18-11)6-12(15)16/h2-5H,6H2,1H3,(H,15,16). The van der Waals surface area contributed by atoms with Crippen molar-refractivity contribution in [2.45, 2.75) is 6.42 Å². The first-order chi connectivity index (χ1) is 8.60. The van der Waals surface area contributed by atoms with Gasteiger partial charge in [-0.05, 0) is 18.2 Å². The highest BCUT2D eigenvalue weighted by atomic mass is 35.5. The molecular weight excluding hydrogens is 258 g/mol. The summed E-state index contributed by atoms with van der Waals surface area (Å²) in [5.74, 6) is 0.0379. The summed E-state index contributed by atoms with van der Waals surface area (Å²) >= 11 is 5.90. The summed E-state index contributed by atoms with van der Waals surface area (Å²) in [4.78, 5) is 10.6. The van der Waals surface area contributed by atoms with Crippen molar-refractivity contribution >= 4 is 17.6 Å². The van der Waals surface area contributed by atoms with E-state index in [1.807, 2.05) is 0 Å². The highest BCUT2D eigenvalue weighted by molar-refractivity contribution is 6.30. The molecule has 6 heteroatoms. The molecule has 1 heterocycles. The number of rotatable bonds is 4. The van der Waals surface area contributed by atoms with Crippen LogP contribution in [0.15, 0.2) is 28.8 Å². The Morgan fingerprint density at radius 1 is 1.50 bits per heavy atom. The lowest BCUT2D eigenvalue weighted by molar-refractivity contribution is -0.136. The zero-order valence-corrected chi connectivity index (χ0v) is 10.3. The fourth-order valence-electron chi connectivity index (χ4n) is 1.55. The first kappa shape index (κ1) is 12.4. The van der Waals surface area contributed by atoms with Crippen LogP contribution in [0.25, 0.3) is 11.3 Å². The van der Waals surface area contributed by atoms with Gasteiger partial charge in [0.2, 0.25) is 0 Å². The SMILES string of the molecule is COc1ccc(Cl)cc1-c1cc(CC(=O)O)no1. The lowest BCUT2D eigenvalue weighted by atomic mass is 10.1. The van der Waals surface area contributed by atoms with E-state index in [9.17, 15) is 4.79 Å². The number of carboxylic acid groups (broad SMARTS) is 1. The molecule has 1 aromatic heterocycles. The number of halogens is 1. The molecule has 0 unspecified atom stereocenters. The van der Waals surface area contributed by atoms with Gasteiger partial charge >= 0.3 is 5.97 Å². The van der Waals surface area contributed by atoms with Crippen molar-refractivity contribution < 1.29 is 19.2 Å². The summed E-state index contributed by atoms with van der Waals surface area (Å²) in [5, 5.41) is 12.9. The molecule has 0 aliphatic rings. The predicted octanol–water partition coefficient (Wildman–Crippen LogP) is 2.63. The van der Waals surface area contributed by atoms with Gasteiger partial charge in [0.25, 0.3) is 0 Å². The molecule has 18 heavy (non-hydrogen) atoms. The number of benzene rings is 1. The van der Waals surface area contributed by atoms with Crippen LogP contribution in [0.2, 0.25) is 5.02 Å². The van der Waals surface area contributed by atoms with Crippen molar-refractivity contribution in [3.8, 4) is 17.1 Å². The van der Waals surface area contributed by atoms with Crippen LogP contribution in [0.4, 0.5) is 0 Å². The summed E-state index contributed by atoms with van der Waals surface area (Å²) in [5.41, 5.74) is 0.980. The molecular formula is C12H10ClNO4. The molecule has 0 aliphatic heterocycles. The van der Waals surface area contributed by atoms with E-state index in [1.54, 1.807) is 24.3 Å². The first-order valence-electron chi connectivity index (χ1n) is 5.11. The van der Waals surface area contributed by atoms with E-state index < -0.39 is 5.97 Å². The van der Waals surface area contributed by atoms with Gasteiger partial charge in [0, 0.05) is 11.1 Å². The number of aromatic nitrogens is 1. The second-order valence-electron chi connectivity index (χ2n) is 3.60. The molecule has 1 N–H and O–H groups in total. The van der Waals surface area contributed by atoms with Crippen molar-refractivity contribution in [2.75, 3.05) is 7.11 Å². The third-order valence-corrected chi connectivity index (χ3v) is 2.55. The van der Waals surface area contributed by atoms with E-state index in [1.165, 1.54) is 7.11 Å². The zero-order valence-electron chi connectivity index (χ0n) is 9.51. The van der Waals surface area contributed by atoms with Crippen LogP contribution in [-0.2, 0) is 11.2 Å². The number of hydrogen-bond acceptors (Lipinski definition) is 4. The van der Waals surface area contributed by atoms with Gasteiger partial charge in [0.05, 0.1) is 24.8 Å². The molecule has 0 saturated carbocycles. The molecule has 0 bridgehead atoms. The van der Waals surface area contributed by atoms with E-state index in [-0.39, 0.29) is 6.42 Å². The van der Waals surface area contributed by atoms with E-state index in [2.05, 4.69) is 5.16 Å². The quantitative estimate of drug-likeness (QED) is 0.922. The molecule has 0 aliphatic carbocycles. The average molecular weight is 268 g/mol. The number of aliphatic carboxylic acids is 1. The minimum atomic E-state index is -0.965. The van der Waals surface area contributed by atoms with Gasteiger partial charge in [-0.25, -0.2) is 0 Å². The third-order valence-electron chi connectivity index (χ3n) is 2.32. The van der Waals surface area contributed by atoms with Crippen LogP contribution in [-0.4, -0.2) is 23.3 Å². The topological polar surface area (TPSA) is 72.6 Å². The fraction of sp³-hybridized carbons (Fsp3) is 0.167. The molecule has 2 aromatic rings. The molecule has 0 saturated heterocycles. The Hall–Kier alpha value is -2.01. The predicted molar refractivity (Wildman–Crippen MR) is 64.8 cm³/mol. The Labute approximate surface area is 108 Å². The Morgan fingerprint density at radius 3 is 2.94 bits per heavy atom. The third kappa shape index (κ3) is 2.62. The van der Waals surface area contributed by atoms with Gasteiger partial charge in [-0.1, -0.05) is 16.8 Å². The van der Waals surface area contributed by atoms with E-state index in [0.717, 1.165) is 0 Å². The van der Waals surface area contributed by atoms with Crippen molar-refractivity contribution in [3.05, 3.63) is 35.0 Å². The highest BCUT2D eigenvalue weighted by Gasteiger charge is 2.14. The molecule has 0 spiro atoms. The molecule has 2 rings (SSSR count). The summed E-state index contributed by atoms with van der Waals surface area (Å²) in [6.07, 6.45) is -0.188. The maximum Gasteiger partial charge on any atom is 0.309 e. The summed E-state index contributed by atoms with van der Waals surface area (Å²) in [6.45, 7) is 0. The minimum absolute atomic E-state index is 0.188. The normalized spacial score (nSPS) is 10.3. The molecule has 0 atom stereocenters. The fourth-order valence-corrected chi connectivity index (χ4v) is 1.72. The molecule has 5 nitrogen and oxygen atoms in total. The smallest absolute Gasteiger partial charge is 0.309 e.